The molecule has 3 aromatic carbocycles. The second kappa shape index (κ2) is 11.3. The van der Waals surface area contributed by atoms with Crippen molar-refractivity contribution in [3.63, 3.8) is 0 Å². The first-order valence-electron chi connectivity index (χ1n) is 11.3. The second-order valence-electron chi connectivity index (χ2n) is 8.21. The van der Waals surface area contributed by atoms with Gasteiger partial charge in [0.25, 0.3) is 5.56 Å². The molecule has 0 saturated carbocycles. The number of amides is 1. The predicted molar refractivity (Wildman–Crippen MR) is 140 cm³/mol. The van der Waals surface area contributed by atoms with Crippen molar-refractivity contribution in [2.75, 3.05) is 0 Å². The lowest BCUT2D eigenvalue weighted by molar-refractivity contribution is -0.121. The molecule has 7 heteroatoms. The minimum Gasteiger partial charge on any atom is -0.345 e. The van der Waals surface area contributed by atoms with Crippen molar-refractivity contribution in [1.29, 1.82) is 0 Å². The van der Waals surface area contributed by atoms with E-state index in [0.717, 1.165) is 35.9 Å². The minimum atomic E-state index is -0.236. The van der Waals surface area contributed by atoms with Gasteiger partial charge in [-0.1, -0.05) is 72.6 Å². The van der Waals surface area contributed by atoms with E-state index in [1.54, 1.807) is 10.6 Å². The summed E-state index contributed by atoms with van der Waals surface area (Å²) in [5.41, 5.74) is 2.67. The van der Waals surface area contributed by atoms with E-state index in [0.29, 0.717) is 28.1 Å². The van der Waals surface area contributed by atoms with E-state index < -0.39 is 0 Å². The largest absolute Gasteiger partial charge is 0.345 e. The molecule has 4 rings (SSSR count). The van der Waals surface area contributed by atoms with Crippen molar-refractivity contribution in [2.24, 2.45) is 0 Å². The van der Waals surface area contributed by atoms with Gasteiger partial charge in [-0.25, -0.2) is 0 Å². The van der Waals surface area contributed by atoms with Crippen LogP contribution < -0.4 is 10.9 Å². The zero-order valence-corrected chi connectivity index (χ0v) is 20.2. The zero-order chi connectivity index (χ0) is 23.9. The Labute approximate surface area is 208 Å². The van der Waals surface area contributed by atoms with E-state index in [1.165, 1.54) is 0 Å². The number of nitrogens with zero attached hydrogens (tertiary/aromatic N) is 1. The number of unbranched alkanes of at least 4 members (excludes halogenated alkanes) is 2. The summed E-state index contributed by atoms with van der Waals surface area (Å²) < 4.78 is 2.03. The fourth-order valence-corrected chi connectivity index (χ4v) is 4.44. The monoisotopic (exact) mass is 491 g/mol. The molecule has 0 saturated heterocycles. The van der Waals surface area contributed by atoms with E-state index >= 15 is 0 Å². The maximum absolute atomic E-state index is 12.7. The molecule has 1 amide bonds. The van der Waals surface area contributed by atoms with Crippen LogP contribution in [0.25, 0.3) is 10.9 Å². The Morgan fingerprint density at radius 1 is 0.912 bits per heavy atom. The van der Waals surface area contributed by atoms with E-state index in [1.807, 2.05) is 72.8 Å². The average Bonchev–Trinajstić information content (AvgIpc) is 2.85. The standard InChI is InChI=1S/C27H26ClN3O2S/c28-21-16-14-20(15-17-21)25(19-9-3-1-4-10-19)30-24(32)13-5-2-8-18-31-26(33)22-11-6-7-12-23(22)29-27(31)34/h1,3-4,6-7,9-12,14-17,25H,2,5,8,13,18H2,(H,29,34)(H,30,32). The lowest BCUT2D eigenvalue weighted by Gasteiger charge is -2.20. The van der Waals surface area contributed by atoms with Crippen LogP contribution in [-0.2, 0) is 11.3 Å². The number of aromatic nitrogens is 2. The van der Waals surface area contributed by atoms with Crippen LogP contribution in [-0.4, -0.2) is 15.5 Å². The molecule has 1 heterocycles. The molecule has 5 nitrogen and oxygen atoms in total. The average molecular weight is 492 g/mol. The van der Waals surface area contributed by atoms with Gasteiger partial charge in [0.15, 0.2) is 4.77 Å². The molecular formula is C27H26ClN3O2S. The van der Waals surface area contributed by atoms with Gasteiger partial charge in [0.2, 0.25) is 5.91 Å². The van der Waals surface area contributed by atoms with E-state index in [2.05, 4.69) is 10.3 Å². The molecule has 0 radical (unpaired) electrons. The first kappa shape index (κ1) is 23.9. The Balaban J connectivity index is 1.33. The second-order valence-corrected chi connectivity index (χ2v) is 9.03. The Morgan fingerprint density at radius 3 is 2.35 bits per heavy atom. The number of fused-ring (bicyclic) bond motifs is 1. The molecular weight excluding hydrogens is 466 g/mol. The van der Waals surface area contributed by atoms with Gasteiger partial charge >= 0.3 is 0 Å². The molecule has 1 aromatic heterocycles. The van der Waals surface area contributed by atoms with Crippen molar-refractivity contribution in [1.82, 2.24) is 14.9 Å². The Kier molecular flexibility index (Phi) is 7.93. The quantitative estimate of drug-likeness (QED) is 0.217. The number of para-hydroxylation sites is 1. The summed E-state index contributed by atoms with van der Waals surface area (Å²) in [5, 5.41) is 4.45. The smallest absolute Gasteiger partial charge is 0.262 e. The summed E-state index contributed by atoms with van der Waals surface area (Å²) in [6, 6.07) is 24.6. The molecule has 174 valence electrons. The Bertz CT molecular complexity index is 1380. The normalized spacial score (nSPS) is 11.9. The van der Waals surface area contributed by atoms with Gasteiger partial charge in [-0.2, -0.15) is 0 Å². The molecule has 1 atom stereocenters. The van der Waals surface area contributed by atoms with Crippen LogP contribution in [0.4, 0.5) is 0 Å². The summed E-state index contributed by atoms with van der Waals surface area (Å²) in [6.07, 6.45) is 2.73. The van der Waals surface area contributed by atoms with Crippen LogP contribution in [0.3, 0.4) is 0 Å². The summed E-state index contributed by atoms with van der Waals surface area (Å²) in [6.45, 7) is 0.526. The van der Waals surface area contributed by atoms with Crippen LogP contribution in [0.15, 0.2) is 83.7 Å². The highest BCUT2D eigenvalue weighted by Crippen LogP contribution is 2.24. The fourth-order valence-electron chi connectivity index (χ4n) is 4.03. The number of halogens is 1. The molecule has 2 N–H and O–H groups in total. The third-order valence-electron chi connectivity index (χ3n) is 5.82. The van der Waals surface area contributed by atoms with Crippen molar-refractivity contribution in [3.8, 4) is 0 Å². The Hall–Kier alpha value is -3.22. The number of H-pyrrole nitrogens is 1. The maximum atomic E-state index is 12.7. The van der Waals surface area contributed by atoms with Crippen molar-refractivity contribution in [2.45, 2.75) is 38.3 Å². The van der Waals surface area contributed by atoms with Crippen LogP contribution >= 0.6 is 23.8 Å². The van der Waals surface area contributed by atoms with Crippen molar-refractivity contribution < 1.29 is 4.79 Å². The van der Waals surface area contributed by atoms with Gasteiger partial charge in [-0.15, -0.1) is 0 Å². The van der Waals surface area contributed by atoms with Gasteiger partial charge < -0.3 is 10.3 Å². The summed E-state index contributed by atoms with van der Waals surface area (Å²) in [4.78, 5) is 28.6. The van der Waals surface area contributed by atoms with Crippen molar-refractivity contribution >= 4 is 40.6 Å². The zero-order valence-electron chi connectivity index (χ0n) is 18.7. The third kappa shape index (κ3) is 5.82. The molecule has 0 spiro atoms. The molecule has 4 aromatic rings. The number of aromatic amines is 1. The van der Waals surface area contributed by atoms with E-state index in [-0.39, 0.29) is 17.5 Å². The fraction of sp³-hybridized carbons (Fsp3) is 0.222. The van der Waals surface area contributed by atoms with Gasteiger partial charge in [-0.3, -0.25) is 14.2 Å². The first-order chi connectivity index (χ1) is 16.5. The molecule has 34 heavy (non-hydrogen) atoms. The van der Waals surface area contributed by atoms with Gasteiger partial charge in [-0.05, 0) is 60.5 Å². The number of nitrogens with one attached hydrogen (secondary N) is 2. The summed E-state index contributed by atoms with van der Waals surface area (Å²) in [7, 11) is 0. The number of hydrogen-bond acceptors (Lipinski definition) is 3. The van der Waals surface area contributed by atoms with Gasteiger partial charge in [0.1, 0.15) is 0 Å². The van der Waals surface area contributed by atoms with Gasteiger partial charge in [0.05, 0.1) is 16.9 Å². The lowest BCUT2D eigenvalue weighted by Crippen LogP contribution is -2.29. The summed E-state index contributed by atoms with van der Waals surface area (Å²) >= 11 is 11.4. The highest BCUT2D eigenvalue weighted by atomic mass is 35.5. The van der Waals surface area contributed by atoms with E-state index in [4.69, 9.17) is 23.8 Å². The van der Waals surface area contributed by atoms with Crippen LogP contribution in [0, 0.1) is 4.77 Å². The molecule has 0 bridgehead atoms. The molecule has 0 aliphatic carbocycles. The SMILES string of the molecule is O=C(CCCCCn1c(=S)[nH]c2ccccc2c1=O)NC(c1ccccc1)c1ccc(Cl)cc1. The van der Waals surface area contributed by atoms with Crippen LogP contribution in [0.1, 0.15) is 42.9 Å². The Morgan fingerprint density at radius 2 is 1.59 bits per heavy atom. The third-order valence-corrected chi connectivity index (χ3v) is 6.39. The number of carbonyl (C=O) groups excluding carboxylic acids is 1. The topological polar surface area (TPSA) is 66.9 Å². The highest BCUT2D eigenvalue weighted by Gasteiger charge is 2.16. The molecule has 1 unspecified atom stereocenters. The van der Waals surface area contributed by atoms with Crippen molar-refractivity contribution in [3.05, 3.63) is 110 Å². The van der Waals surface area contributed by atoms with Crippen LogP contribution in [0.5, 0.6) is 0 Å². The van der Waals surface area contributed by atoms with E-state index in [9.17, 15) is 9.59 Å². The predicted octanol–water partition coefficient (Wildman–Crippen LogP) is 6.18. The van der Waals surface area contributed by atoms with Crippen LogP contribution in [0.2, 0.25) is 5.02 Å². The maximum Gasteiger partial charge on any atom is 0.262 e. The van der Waals surface area contributed by atoms with Gasteiger partial charge in [0, 0.05) is 18.0 Å². The molecule has 0 fully saturated rings. The number of hydrogen-bond donors (Lipinski definition) is 2. The number of carbonyl (C=O) groups is 1. The summed E-state index contributed by atoms with van der Waals surface area (Å²) in [5.74, 6) is -0.0102. The first-order valence-corrected chi connectivity index (χ1v) is 12.1. The number of rotatable bonds is 9. The lowest BCUT2D eigenvalue weighted by atomic mass is 9.98. The number of benzene rings is 3. The minimum absolute atomic E-state index is 0.0102. The highest BCUT2D eigenvalue weighted by molar-refractivity contribution is 7.71. The molecule has 0 aliphatic rings. The molecule has 0 aliphatic heterocycles.